The van der Waals surface area contributed by atoms with Crippen LogP contribution in [0, 0.1) is 5.92 Å². The predicted octanol–water partition coefficient (Wildman–Crippen LogP) is 2.57. The van der Waals surface area contributed by atoms with Gasteiger partial charge in [-0.1, -0.05) is 18.5 Å². The van der Waals surface area contributed by atoms with Gasteiger partial charge >= 0.3 is 0 Å². The van der Waals surface area contributed by atoms with Gasteiger partial charge in [0.05, 0.1) is 4.34 Å². The Morgan fingerprint density at radius 2 is 2.33 bits per heavy atom. The molecule has 0 saturated carbocycles. The van der Waals surface area contributed by atoms with Crippen molar-refractivity contribution in [1.82, 2.24) is 4.90 Å². The van der Waals surface area contributed by atoms with E-state index in [-0.39, 0.29) is 0 Å². The first-order valence-electron chi connectivity index (χ1n) is 5.35. The average Bonchev–Trinajstić information content (AvgIpc) is 2.49. The number of hydrogen-bond donors (Lipinski definition) is 1. The van der Waals surface area contributed by atoms with Crippen LogP contribution in [0.5, 0.6) is 0 Å². The highest BCUT2D eigenvalue weighted by atomic mass is 35.5. The minimum Gasteiger partial charge on any atom is -0.327 e. The summed E-state index contributed by atoms with van der Waals surface area (Å²) < 4.78 is 0.874. The quantitative estimate of drug-likeness (QED) is 0.867. The Morgan fingerprint density at radius 3 is 2.93 bits per heavy atom. The number of nitrogens with zero attached hydrogens (tertiary/aromatic N) is 1. The van der Waals surface area contributed by atoms with E-state index < -0.39 is 0 Å². The maximum Gasteiger partial charge on any atom is 0.0931 e. The van der Waals surface area contributed by atoms with Crippen molar-refractivity contribution >= 4 is 22.9 Å². The standard InChI is InChI=1S/C11H17ClN2S/c1-8-4-9(13)6-14(5-8)7-10-2-3-11(12)15-10/h2-3,8-9H,4-7,13H2,1H3. The van der Waals surface area contributed by atoms with Gasteiger partial charge in [-0.25, -0.2) is 0 Å². The molecule has 0 bridgehead atoms. The largest absolute Gasteiger partial charge is 0.327 e. The normalized spacial score (nSPS) is 28.2. The predicted molar refractivity (Wildman–Crippen MR) is 66.4 cm³/mol. The number of thiophene rings is 1. The molecule has 84 valence electrons. The fraction of sp³-hybridized carbons (Fsp3) is 0.636. The molecule has 1 fully saturated rings. The molecule has 1 aliphatic rings. The highest BCUT2D eigenvalue weighted by Crippen LogP contribution is 2.24. The van der Waals surface area contributed by atoms with Gasteiger partial charge in [0.25, 0.3) is 0 Å². The molecule has 2 unspecified atom stereocenters. The van der Waals surface area contributed by atoms with Gasteiger partial charge in [-0.15, -0.1) is 11.3 Å². The molecule has 2 heterocycles. The number of hydrogen-bond acceptors (Lipinski definition) is 3. The molecule has 0 amide bonds. The Hall–Kier alpha value is -0.0900. The number of halogens is 1. The van der Waals surface area contributed by atoms with Crippen LogP contribution in [-0.4, -0.2) is 24.0 Å². The summed E-state index contributed by atoms with van der Waals surface area (Å²) in [7, 11) is 0. The van der Waals surface area contributed by atoms with Gasteiger partial charge in [0.15, 0.2) is 0 Å². The van der Waals surface area contributed by atoms with Crippen LogP contribution in [-0.2, 0) is 6.54 Å². The first-order chi connectivity index (χ1) is 7.13. The number of piperidine rings is 1. The monoisotopic (exact) mass is 244 g/mol. The number of likely N-dealkylation sites (tertiary alicyclic amines) is 1. The molecule has 2 nitrogen and oxygen atoms in total. The molecule has 1 aromatic heterocycles. The SMILES string of the molecule is CC1CC(N)CN(Cc2ccc(Cl)s2)C1. The molecule has 0 spiro atoms. The lowest BCUT2D eigenvalue weighted by Crippen LogP contribution is -2.45. The van der Waals surface area contributed by atoms with Crippen LogP contribution >= 0.6 is 22.9 Å². The van der Waals surface area contributed by atoms with Crippen LogP contribution in [0.2, 0.25) is 4.34 Å². The number of rotatable bonds is 2. The molecule has 1 aromatic rings. The number of nitrogens with two attached hydrogens (primary N) is 1. The lowest BCUT2D eigenvalue weighted by Gasteiger charge is -2.34. The van der Waals surface area contributed by atoms with Crippen molar-refractivity contribution in [2.75, 3.05) is 13.1 Å². The summed E-state index contributed by atoms with van der Waals surface area (Å²) in [6.45, 7) is 5.44. The van der Waals surface area contributed by atoms with Gasteiger partial charge in [-0.3, -0.25) is 4.90 Å². The zero-order valence-corrected chi connectivity index (χ0v) is 10.5. The van der Waals surface area contributed by atoms with Crippen LogP contribution in [0.15, 0.2) is 12.1 Å². The van der Waals surface area contributed by atoms with Crippen LogP contribution in [0.25, 0.3) is 0 Å². The Labute approximate surface area is 100 Å². The summed E-state index contributed by atoms with van der Waals surface area (Å²) in [6, 6.07) is 4.41. The van der Waals surface area contributed by atoms with Gasteiger partial charge in [-0.05, 0) is 24.5 Å². The Morgan fingerprint density at radius 1 is 1.53 bits per heavy atom. The second-order valence-corrected chi connectivity index (χ2v) is 6.30. The summed E-state index contributed by atoms with van der Waals surface area (Å²) in [5, 5.41) is 0. The molecule has 2 rings (SSSR count). The molecular weight excluding hydrogens is 228 g/mol. The second kappa shape index (κ2) is 4.83. The average molecular weight is 245 g/mol. The summed E-state index contributed by atoms with van der Waals surface area (Å²) >= 11 is 7.58. The molecule has 0 aliphatic carbocycles. The van der Waals surface area contributed by atoms with Crippen molar-refractivity contribution < 1.29 is 0 Å². The zero-order valence-electron chi connectivity index (χ0n) is 8.95. The van der Waals surface area contributed by atoms with Gasteiger partial charge < -0.3 is 5.73 Å². The lowest BCUT2D eigenvalue weighted by atomic mass is 9.97. The molecule has 0 radical (unpaired) electrons. The lowest BCUT2D eigenvalue weighted by molar-refractivity contribution is 0.159. The van der Waals surface area contributed by atoms with Crippen LogP contribution in [0.1, 0.15) is 18.2 Å². The van der Waals surface area contributed by atoms with Crippen molar-refractivity contribution in [1.29, 1.82) is 0 Å². The van der Waals surface area contributed by atoms with E-state index in [4.69, 9.17) is 17.3 Å². The summed E-state index contributed by atoms with van der Waals surface area (Å²) in [4.78, 5) is 3.77. The fourth-order valence-electron chi connectivity index (χ4n) is 2.30. The maximum absolute atomic E-state index is 6.01. The topological polar surface area (TPSA) is 29.3 Å². The van der Waals surface area contributed by atoms with Gasteiger partial charge in [-0.2, -0.15) is 0 Å². The third-order valence-corrected chi connectivity index (χ3v) is 3.99. The van der Waals surface area contributed by atoms with E-state index in [9.17, 15) is 0 Å². The van der Waals surface area contributed by atoms with Crippen LogP contribution < -0.4 is 5.73 Å². The molecule has 1 saturated heterocycles. The third-order valence-electron chi connectivity index (χ3n) is 2.78. The third kappa shape index (κ3) is 3.18. The molecule has 1 aliphatic heterocycles. The molecule has 15 heavy (non-hydrogen) atoms. The zero-order chi connectivity index (χ0) is 10.8. The molecule has 0 aromatic carbocycles. The van der Waals surface area contributed by atoms with Crippen molar-refractivity contribution in [3.63, 3.8) is 0 Å². The van der Waals surface area contributed by atoms with Gasteiger partial charge in [0.1, 0.15) is 0 Å². The molecule has 4 heteroatoms. The minimum atomic E-state index is 0.337. The van der Waals surface area contributed by atoms with E-state index in [1.807, 2.05) is 6.07 Å². The molecule has 2 atom stereocenters. The molecular formula is C11H17ClN2S. The summed E-state index contributed by atoms with van der Waals surface area (Å²) in [5.74, 6) is 0.712. The fourth-order valence-corrected chi connectivity index (χ4v) is 3.43. The van der Waals surface area contributed by atoms with E-state index in [0.717, 1.165) is 30.4 Å². The van der Waals surface area contributed by atoms with E-state index in [1.54, 1.807) is 11.3 Å². The van der Waals surface area contributed by atoms with Crippen molar-refractivity contribution in [3.05, 3.63) is 21.3 Å². The van der Waals surface area contributed by atoms with Crippen molar-refractivity contribution in [2.24, 2.45) is 11.7 Å². The van der Waals surface area contributed by atoms with E-state index in [0.29, 0.717) is 12.0 Å². The Balaban J connectivity index is 1.94. The van der Waals surface area contributed by atoms with Gasteiger partial charge in [0, 0.05) is 30.6 Å². The van der Waals surface area contributed by atoms with Crippen molar-refractivity contribution in [3.8, 4) is 0 Å². The van der Waals surface area contributed by atoms with Crippen LogP contribution in [0.4, 0.5) is 0 Å². The van der Waals surface area contributed by atoms with Crippen molar-refractivity contribution in [2.45, 2.75) is 25.9 Å². The second-order valence-electron chi connectivity index (χ2n) is 4.50. The molecule has 2 N–H and O–H groups in total. The Kier molecular flexibility index (Phi) is 3.67. The maximum atomic E-state index is 6.01. The first kappa shape index (κ1) is 11.4. The Bertz CT molecular complexity index is 316. The van der Waals surface area contributed by atoms with E-state index in [2.05, 4.69) is 17.9 Å². The van der Waals surface area contributed by atoms with Crippen LogP contribution in [0.3, 0.4) is 0 Å². The van der Waals surface area contributed by atoms with E-state index >= 15 is 0 Å². The van der Waals surface area contributed by atoms with E-state index in [1.165, 1.54) is 4.88 Å². The highest BCUT2D eigenvalue weighted by molar-refractivity contribution is 7.16. The summed E-state index contributed by atoms with van der Waals surface area (Å²) in [5.41, 5.74) is 6.01. The minimum absolute atomic E-state index is 0.337. The first-order valence-corrected chi connectivity index (χ1v) is 6.55. The highest BCUT2D eigenvalue weighted by Gasteiger charge is 2.22. The smallest absolute Gasteiger partial charge is 0.0931 e. The summed E-state index contributed by atoms with van der Waals surface area (Å²) in [6.07, 6.45) is 1.15. The van der Waals surface area contributed by atoms with Gasteiger partial charge in [0.2, 0.25) is 0 Å².